The summed E-state index contributed by atoms with van der Waals surface area (Å²) in [5.41, 5.74) is -0.510. The van der Waals surface area contributed by atoms with Gasteiger partial charge in [-0.25, -0.2) is 22.9 Å². The first-order valence-electron chi connectivity index (χ1n) is 6.77. The van der Waals surface area contributed by atoms with E-state index in [9.17, 15) is 23.1 Å². The molecule has 7 heteroatoms. The molecule has 0 saturated carbocycles. The average Bonchev–Trinajstić information content (AvgIpc) is 2.53. The van der Waals surface area contributed by atoms with Gasteiger partial charge in [-0.1, -0.05) is 0 Å². The van der Waals surface area contributed by atoms with Crippen LogP contribution in [0.25, 0.3) is 22.2 Å². The lowest BCUT2D eigenvalue weighted by atomic mass is 10.0. The molecular weight excluding hydrogens is 323 g/mol. The Morgan fingerprint density at radius 1 is 1.08 bits per heavy atom. The monoisotopic (exact) mass is 333 g/mol. The Balaban J connectivity index is 2.39. The largest absolute Gasteiger partial charge is 0.496 e. The van der Waals surface area contributed by atoms with Crippen LogP contribution in [0.15, 0.2) is 36.4 Å². The minimum atomic E-state index is -1.39. The molecule has 0 aliphatic rings. The third-order valence-electron chi connectivity index (χ3n) is 3.50. The van der Waals surface area contributed by atoms with Crippen molar-refractivity contribution in [2.24, 2.45) is 0 Å². The van der Waals surface area contributed by atoms with Gasteiger partial charge in [-0.2, -0.15) is 0 Å². The first-order valence-corrected chi connectivity index (χ1v) is 6.77. The zero-order valence-electron chi connectivity index (χ0n) is 12.3. The average molecular weight is 333 g/mol. The maximum Gasteiger partial charge on any atom is 0.336 e. The summed E-state index contributed by atoms with van der Waals surface area (Å²) in [5, 5.41) is 9.16. The number of hydrogen-bond acceptors (Lipinski definition) is 3. The molecule has 0 radical (unpaired) electrons. The van der Waals surface area contributed by atoms with Crippen molar-refractivity contribution in [3.8, 4) is 17.0 Å². The maximum absolute atomic E-state index is 14.0. The third-order valence-corrected chi connectivity index (χ3v) is 3.50. The molecule has 0 unspecified atom stereocenters. The highest BCUT2D eigenvalue weighted by Crippen LogP contribution is 2.33. The predicted molar refractivity (Wildman–Crippen MR) is 80.6 cm³/mol. The number of pyridine rings is 1. The summed E-state index contributed by atoms with van der Waals surface area (Å²) in [4.78, 5) is 15.5. The molecule has 0 aliphatic carbocycles. The minimum absolute atomic E-state index is 0.00163. The Kier molecular flexibility index (Phi) is 3.84. The van der Waals surface area contributed by atoms with E-state index in [2.05, 4.69) is 4.98 Å². The Labute approximate surface area is 134 Å². The van der Waals surface area contributed by atoms with Crippen molar-refractivity contribution >= 4 is 16.9 Å². The van der Waals surface area contributed by atoms with Gasteiger partial charge in [0, 0.05) is 17.0 Å². The van der Waals surface area contributed by atoms with Gasteiger partial charge >= 0.3 is 5.97 Å². The molecule has 0 bridgehead atoms. The van der Waals surface area contributed by atoms with Crippen LogP contribution < -0.4 is 4.74 Å². The number of nitrogens with zero attached hydrogens (tertiary/aromatic N) is 1. The molecule has 0 spiro atoms. The van der Waals surface area contributed by atoms with Crippen molar-refractivity contribution in [2.45, 2.75) is 0 Å². The number of ether oxygens (including phenoxy) is 1. The molecule has 0 fully saturated rings. The van der Waals surface area contributed by atoms with Crippen molar-refractivity contribution < 1.29 is 27.8 Å². The van der Waals surface area contributed by atoms with E-state index in [1.54, 1.807) is 0 Å². The number of carboxylic acid groups (broad SMARTS) is 1. The second-order valence-electron chi connectivity index (χ2n) is 4.99. The van der Waals surface area contributed by atoms with Crippen LogP contribution in [0.2, 0.25) is 0 Å². The number of rotatable bonds is 3. The lowest BCUT2D eigenvalue weighted by Gasteiger charge is -2.11. The molecule has 1 aromatic heterocycles. The summed E-state index contributed by atoms with van der Waals surface area (Å²) in [7, 11) is 1.35. The summed E-state index contributed by atoms with van der Waals surface area (Å²) in [6, 6.07) is 6.23. The number of fused-ring (bicyclic) bond motifs is 1. The molecule has 0 amide bonds. The van der Waals surface area contributed by atoms with Gasteiger partial charge in [0.15, 0.2) is 5.82 Å². The fourth-order valence-electron chi connectivity index (χ4n) is 2.45. The molecule has 3 rings (SSSR count). The Hall–Kier alpha value is -3.09. The van der Waals surface area contributed by atoms with Crippen molar-refractivity contribution in [2.75, 3.05) is 7.11 Å². The zero-order valence-corrected chi connectivity index (χ0v) is 12.3. The second-order valence-corrected chi connectivity index (χ2v) is 4.99. The summed E-state index contributed by atoms with van der Waals surface area (Å²) >= 11 is 0. The summed E-state index contributed by atoms with van der Waals surface area (Å²) in [6.45, 7) is 0. The standard InChI is InChI=1S/C17H10F3NO3/c1-24-15-3-2-8(18)4-12(15)14-7-11(17(22)23)10-5-9(19)6-13(20)16(10)21-14/h2-7H,1H3,(H,22,23). The van der Waals surface area contributed by atoms with Crippen LogP contribution in [0.4, 0.5) is 13.2 Å². The number of aromatic carboxylic acids is 1. The van der Waals surface area contributed by atoms with Crippen LogP contribution in [0.3, 0.4) is 0 Å². The quantitative estimate of drug-likeness (QED) is 0.786. The van der Waals surface area contributed by atoms with Crippen LogP contribution in [-0.4, -0.2) is 23.2 Å². The van der Waals surface area contributed by atoms with Crippen molar-refractivity contribution in [3.63, 3.8) is 0 Å². The Bertz CT molecular complexity index is 973. The third kappa shape index (κ3) is 2.64. The summed E-state index contributed by atoms with van der Waals surface area (Å²) < 4.78 is 46.1. The summed E-state index contributed by atoms with van der Waals surface area (Å²) in [5.74, 6) is -3.67. The lowest BCUT2D eigenvalue weighted by Crippen LogP contribution is -2.03. The fourth-order valence-corrected chi connectivity index (χ4v) is 2.45. The molecule has 2 aromatic carbocycles. The molecule has 0 saturated heterocycles. The molecule has 0 atom stereocenters. The number of methoxy groups -OCH3 is 1. The maximum atomic E-state index is 14.0. The highest BCUT2D eigenvalue weighted by Gasteiger charge is 2.18. The van der Waals surface area contributed by atoms with Gasteiger partial charge in [-0.15, -0.1) is 0 Å². The first kappa shape index (κ1) is 15.8. The molecular formula is C17H10F3NO3. The van der Waals surface area contributed by atoms with Crippen LogP contribution in [0.5, 0.6) is 5.75 Å². The van der Waals surface area contributed by atoms with Gasteiger partial charge in [0.25, 0.3) is 0 Å². The molecule has 1 heterocycles. The van der Waals surface area contributed by atoms with Gasteiger partial charge in [0.2, 0.25) is 0 Å². The minimum Gasteiger partial charge on any atom is -0.496 e. The molecule has 122 valence electrons. The van der Waals surface area contributed by atoms with Gasteiger partial charge in [-0.05, 0) is 30.3 Å². The van der Waals surface area contributed by atoms with Gasteiger partial charge in [0.05, 0.1) is 18.4 Å². The lowest BCUT2D eigenvalue weighted by molar-refractivity contribution is 0.0699. The van der Waals surface area contributed by atoms with Crippen LogP contribution in [0, 0.1) is 17.5 Å². The van der Waals surface area contributed by atoms with Crippen LogP contribution in [0.1, 0.15) is 10.4 Å². The number of halogens is 3. The topological polar surface area (TPSA) is 59.4 Å². The molecule has 0 aliphatic heterocycles. The number of carboxylic acids is 1. The predicted octanol–water partition coefficient (Wildman–Crippen LogP) is 4.03. The van der Waals surface area contributed by atoms with E-state index >= 15 is 0 Å². The van der Waals surface area contributed by atoms with Gasteiger partial charge in [0.1, 0.15) is 22.9 Å². The zero-order chi connectivity index (χ0) is 17.4. The van der Waals surface area contributed by atoms with Gasteiger partial charge in [-0.3, -0.25) is 0 Å². The number of hydrogen-bond donors (Lipinski definition) is 1. The van der Waals surface area contributed by atoms with Crippen molar-refractivity contribution in [3.05, 3.63) is 59.4 Å². The van der Waals surface area contributed by atoms with Crippen LogP contribution in [-0.2, 0) is 0 Å². The summed E-state index contributed by atoms with van der Waals surface area (Å²) in [6.07, 6.45) is 0. The van der Waals surface area contributed by atoms with E-state index in [0.717, 1.165) is 24.3 Å². The van der Waals surface area contributed by atoms with E-state index in [0.29, 0.717) is 6.07 Å². The smallest absolute Gasteiger partial charge is 0.336 e. The van der Waals surface area contributed by atoms with E-state index in [-0.39, 0.29) is 33.5 Å². The van der Waals surface area contributed by atoms with E-state index in [1.807, 2.05) is 0 Å². The highest BCUT2D eigenvalue weighted by molar-refractivity contribution is 6.04. The second kappa shape index (κ2) is 5.84. The normalized spacial score (nSPS) is 10.8. The Morgan fingerprint density at radius 2 is 1.83 bits per heavy atom. The molecule has 24 heavy (non-hydrogen) atoms. The Morgan fingerprint density at radius 3 is 2.50 bits per heavy atom. The molecule has 4 nitrogen and oxygen atoms in total. The van der Waals surface area contributed by atoms with Crippen LogP contribution >= 0.6 is 0 Å². The van der Waals surface area contributed by atoms with E-state index in [4.69, 9.17) is 4.74 Å². The van der Waals surface area contributed by atoms with Gasteiger partial charge < -0.3 is 9.84 Å². The van der Waals surface area contributed by atoms with E-state index < -0.39 is 23.4 Å². The number of carbonyl (C=O) groups is 1. The van der Waals surface area contributed by atoms with Crippen molar-refractivity contribution in [1.29, 1.82) is 0 Å². The van der Waals surface area contributed by atoms with E-state index in [1.165, 1.54) is 13.2 Å². The molecule has 1 N–H and O–H groups in total. The van der Waals surface area contributed by atoms with Crippen molar-refractivity contribution in [1.82, 2.24) is 4.98 Å². The highest BCUT2D eigenvalue weighted by atomic mass is 19.1. The molecule has 3 aromatic rings. The number of benzene rings is 2. The first-order chi connectivity index (χ1) is 11.4. The fraction of sp³-hybridized carbons (Fsp3) is 0.0588. The number of aromatic nitrogens is 1. The SMILES string of the molecule is COc1ccc(F)cc1-c1cc(C(=O)O)c2cc(F)cc(F)c2n1.